The Bertz CT molecular complexity index is 719. The molecule has 0 radical (unpaired) electrons. The lowest BCUT2D eigenvalue weighted by atomic mass is 10.2. The number of hydrogen-bond donors (Lipinski definition) is 1. The maximum absolute atomic E-state index is 12.2. The largest absolute Gasteiger partial charge is 0.489 e. The summed E-state index contributed by atoms with van der Waals surface area (Å²) in [7, 11) is 1.27. The van der Waals surface area contributed by atoms with Gasteiger partial charge in [0.2, 0.25) is 0 Å². The molecule has 24 heavy (non-hydrogen) atoms. The summed E-state index contributed by atoms with van der Waals surface area (Å²) < 4.78 is 15.4. The first-order valence-electron chi connectivity index (χ1n) is 7.45. The number of nitrogens with zero attached hydrogens (tertiary/aromatic N) is 1. The summed E-state index contributed by atoms with van der Waals surface area (Å²) in [6, 6.07) is 5.98. The first-order valence-corrected chi connectivity index (χ1v) is 7.45. The zero-order chi connectivity index (χ0) is 17.7. The Balaban J connectivity index is 2.03. The summed E-state index contributed by atoms with van der Waals surface area (Å²) in [5.74, 6) is 0.353. The van der Waals surface area contributed by atoms with Gasteiger partial charge in [-0.1, -0.05) is 11.2 Å². The van der Waals surface area contributed by atoms with E-state index in [0.29, 0.717) is 23.7 Å². The van der Waals surface area contributed by atoms with Crippen molar-refractivity contribution in [3.63, 3.8) is 0 Å². The van der Waals surface area contributed by atoms with E-state index in [4.69, 9.17) is 9.26 Å². The van der Waals surface area contributed by atoms with Crippen LogP contribution in [0.15, 0.2) is 28.8 Å². The predicted molar refractivity (Wildman–Crippen MR) is 85.7 cm³/mol. The predicted octanol–water partition coefficient (Wildman–Crippen LogP) is 2.16. The fraction of sp³-hybridized carbons (Fsp3) is 0.353. The molecule has 7 heteroatoms. The minimum absolute atomic E-state index is 0.296. The van der Waals surface area contributed by atoms with Crippen molar-refractivity contribution >= 4 is 11.9 Å². The number of nitrogens with one attached hydrogen (secondary N) is 1. The Morgan fingerprint density at radius 2 is 2.08 bits per heavy atom. The van der Waals surface area contributed by atoms with E-state index < -0.39 is 12.0 Å². The first kappa shape index (κ1) is 17.5. The summed E-state index contributed by atoms with van der Waals surface area (Å²) >= 11 is 0. The van der Waals surface area contributed by atoms with Gasteiger partial charge in [-0.2, -0.15) is 0 Å². The molecule has 1 heterocycles. The summed E-state index contributed by atoms with van der Waals surface area (Å²) in [6.45, 7) is 5.51. The van der Waals surface area contributed by atoms with Gasteiger partial charge < -0.3 is 19.3 Å². The smallest absolute Gasteiger partial charge is 0.328 e. The van der Waals surface area contributed by atoms with Crippen molar-refractivity contribution in [1.82, 2.24) is 10.5 Å². The number of carbonyl (C=O) groups excluding carboxylic acids is 2. The lowest BCUT2D eigenvalue weighted by Gasteiger charge is -2.12. The number of rotatable bonds is 6. The van der Waals surface area contributed by atoms with Gasteiger partial charge >= 0.3 is 5.97 Å². The quantitative estimate of drug-likeness (QED) is 0.815. The van der Waals surface area contributed by atoms with Gasteiger partial charge in [0.25, 0.3) is 5.91 Å². The molecule has 128 valence electrons. The molecule has 2 rings (SSSR count). The van der Waals surface area contributed by atoms with E-state index in [-0.39, 0.29) is 5.91 Å². The lowest BCUT2D eigenvalue weighted by Crippen LogP contribution is -2.39. The van der Waals surface area contributed by atoms with Gasteiger partial charge in [0.05, 0.1) is 18.4 Å². The minimum Gasteiger partial charge on any atom is -0.489 e. The number of methoxy groups -OCH3 is 1. The number of amides is 1. The third-order valence-electron chi connectivity index (χ3n) is 3.56. The van der Waals surface area contributed by atoms with E-state index in [9.17, 15) is 9.59 Å². The lowest BCUT2D eigenvalue weighted by molar-refractivity contribution is -0.142. The molecule has 1 amide bonds. The van der Waals surface area contributed by atoms with Crippen molar-refractivity contribution < 1.29 is 23.6 Å². The molecule has 0 fully saturated rings. The molecule has 0 bridgehead atoms. The summed E-state index contributed by atoms with van der Waals surface area (Å²) in [4.78, 5) is 23.5. The molecule has 0 aliphatic carbocycles. The van der Waals surface area contributed by atoms with Crippen LogP contribution in [0.3, 0.4) is 0 Å². The van der Waals surface area contributed by atoms with Gasteiger partial charge in [-0.15, -0.1) is 0 Å². The standard InChI is InChI=1S/C17H20N2O5/c1-10-15(12(3)24-19-10)9-23-14-7-5-6-13(8-14)16(20)18-11(2)17(21)22-4/h5-8,11H,9H2,1-4H3,(H,18,20)/t11-/m0/s1. The Morgan fingerprint density at radius 3 is 2.71 bits per heavy atom. The molecule has 0 aliphatic rings. The van der Waals surface area contributed by atoms with E-state index in [1.54, 1.807) is 31.2 Å². The van der Waals surface area contributed by atoms with Gasteiger partial charge in [-0.3, -0.25) is 4.79 Å². The molecule has 1 N–H and O–H groups in total. The van der Waals surface area contributed by atoms with E-state index >= 15 is 0 Å². The van der Waals surface area contributed by atoms with Gasteiger partial charge in [0.1, 0.15) is 24.2 Å². The summed E-state index contributed by atoms with van der Waals surface area (Å²) in [5.41, 5.74) is 2.04. The molecular formula is C17H20N2O5. The molecule has 0 unspecified atom stereocenters. The monoisotopic (exact) mass is 332 g/mol. The van der Waals surface area contributed by atoms with Crippen LogP contribution in [-0.2, 0) is 16.1 Å². The molecule has 2 aromatic rings. The van der Waals surface area contributed by atoms with Crippen LogP contribution in [0, 0.1) is 13.8 Å². The highest BCUT2D eigenvalue weighted by Gasteiger charge is 2.17. The minimum atomic E-state index is -0.727. The average molecular weight is 332 g/mol. The number of hydrogen-bond acceptors (Lipinski definition) is 6. The van der Waals surface area contributed by atoms with Crippen LogP contribution in [0.1, 0.15) is 34.3 Å². The van der Waals surface area contributed by atoms with Crippen molar-refractivity contribution in [2.24, 2.45) is 0 Å². The van der Waals surface area contributed by atoms with Crippen LogP contribution < -0.4 is 10.1 Å². The summed E-state index contributed by atoms with van der Waals surface area (Å²) in [5, 5.41) is 6.44. The average Bonchev–Trinajstić information content (AvgIpc) is 2.90. The van der Waals surface area contributed by atoms with E-state index in [0.717, 1.165) is 11.3 Å². The molecule has 0 aliphatic heterocycles. The molecule has 0 saturated heterocycles. The zero-order valence-electron chi connectivity index (χ0n) is 14.1. The zero-order valence-corrected chi connectivity index (χ0v) is 14.1. The Morgan fingerprint density at radius 1 is 1.33 bits per heavy atom. The Kier molecular flexibility index (Phi) is 5.57. The number of esters is 1. The molecule has 1 aromatic carbocycles. The molecule has 1 aromatic heterocycles. The second kappa shape index (κ2) is 7.63. The van der Waals surface area contributed by atoms with Crippen molar-refractivity contribution in [2.45, 2.75) is 33.4 Å². The van der Waals surface area contributed by atoms with Crippen molar-refractivity contribution in [3.8, 4) is 5.75 Å². The normalized spacial score (nSPS) is 11.7. The maximum Gasteiger partial charge on any atom is 0.328 e. The Hall–Kier alpha value is -2.83. The SMILES string of the molecule is COC(=O)[C@H](C)NC(=O)c1cccc(OCc2c(C)noc2C)c1. The molecule has 1 atom stereocenters. The van der Waals surface area contributed by atoms with Crippen LogP contribution in [0.2, 0.25) is 0 Å². The topological polar surface area (TPSA) is 90.7 Å². The highest BCUT2D eigenvalue weighted by Crippen LogP contribution is 2.18. The highest BCUT2D eigenvalue weighted by molar-refractivity contribution is 5.96. The van der Waals surface area contributed by atoms with Crippen LogP contribution in [0.5, 0.6) is 5.75 Å². The molecule has 0 saturated carbocycles. The molecule has 0 spiro atoms. The third kappa shape index (κ3) is 4.13. The van der Waals surface area contributed by atoms with Crippen LogP contribution >= 0.6 is 0 Å². The van der Waals surface area contributed by atoms with E-state index in [2.05, 4.69) is 15.2 Å². The fourth-order valence-electron chi connectivity index (χ4n) is 2.11. The fourth-order valence-corrected chi connectivity index (χ4v) is 2.11. The number of benzene rings is 1. The number of ether oxygens (including phenoxy) is 2. The van der Waals surface area contributed by atoms with Crippen LogP contribution in [0.25, 0.3) is 0 Å². The maximum atomic E-state index is 12.2. The number of carbonyl (C=O) groups is 2. The Labute approximate surface area is 139 Å². The second-order valence-corrected chi connectivity index (χ2v) is 5.34. The first-order chi connectivity index (χ1) is 11.4. The summed E-state index contributed by atoms with van der Waals surface area (Å²) in [6.07, 6.45) is 0. The molecule has 7 nitrogen and oxygen atoms in total. The van der Waals surface area contributed by atoms with Crippen molar-refractivity contribution in [3.05, 3.63) is 46.8 Å². The number of aryl methyl sites for hydroxylation is 2. The van der Waals surface area contributed by atoms with Gasteiger partial charge in [-0.25, -0.2) is 4.79 Å². The number of aromatic nitrogens is 1. The van der Waals surface area contributed by atoms with Gasteiger partial charge in [-0.05, 0) is 39.0 Å². The van der Waals surface area contributed by atoms with Crippen LogP contribution in [0.4, 0.5) is 0 Å². The van der Waals surface area contributed by atoms with Gasteiger partial charge in [0.15, 0.2) is 0 Å². The van der Waals surface area contributed by atoms with Crippen molar-refractivity contribution in [1.29, 1.82) is 0 Å². The van der Waals surface area contributed by atoms with E-state index in [1.807, 2.05) is 13.8 Å². The van der Waals surface area contributed by atoms with Crippen molar-refractivity contribution in [2.75, 3.05) is 7.11 Å². The second-order valence-electron chi connectivity index (χ2n) is 5.34. The van der Waals surface area contributed by atoms with Crippen LogP contribution in [-0.4, -0.2) is 30.2 Å². The molecular weight excluding hydrogens is 312 g/mol. The highest BCUT2D eigenvalue weighted by atomic mass is 16.5. The van der Waals surface area contributed by atoms with E-state index in [1.165, 1.54) is 7.11 Å². The third-order valence-corrected chi connectivity index (χ3v) is 3.56. The van der Waals surface area contributed by atoms with Gasteiger partial charge in [0, 0.05) is 5.56 Å².